The quantitative estimate of drug-likeness (QED) is 0.393. The fourth-order valence-corrected chi connectivity index (χ4v) is 2.90. The molecule has 0 spiro atoms. The predicted octanol–water partition coefficient (Wildman–Crippen LogP) is 3.28. The van der Waals surface area contributed by atoms with E-state index in [1.807, 2.05) is 30.3 Å². The number of hydrogen-bond acceptors (Lipinski definition) is 3. The molecule has 3 nitrogen and oxygen atoms in total. The molecule has 18 heavy (non-hydrogen) atoms. The van der Waals surface area contributed by atoms with Gasteiger partial charge in [-0.2, -0.15) is 0 Å². The average Bonchev–Trinajstić information content (AvgIpc) is 2.28. The van der Waals surface area contributed by atoms with Gasteiger partial charge in [0.1, 0.15) is 5.71 Å². The van der Waals surface area contributed by atoms with E-state index in [9.17, 15) is 5.21 Å². The molecule has 0 aliphatic heterocycles. The van der Waals surface area contributed by atoms with Gasteiger partial charge < -0.3 is 9.63 Å². The highest BCUT2D eigenvalue weighted by Gasteiger charge is 2.32. The summed E-state index contributed by atoms with van der Waals surface area (Å²) in [7, 11) is -1.21. The van der Waals surface area contributed by atoms with Crippen molar-refractivity contribution in [3.05, 3.63) is 35.9 Å². The molecule has 1 unspecified atom stereocenters. The van der Waals surface area contributed by atoms with E-state index in [0.29, 0.717) is 5.71 Å². The van der Waals surface area contributed by atoms with Crippen LogP contribution < -0.4 is 0 Å². The molecule has 1 rings (SSSR count). The maximum Gasteiger partial charge on any atom is 0.171 e. The Kier molecular flexibility index (Phi) is 5.11. The van der Waals surface area contributed by atoms with Crippen LogP contribution in [0.5, 0.6) is 0 Å². The largest absolute Gasteiger partial charge is 0.411 e. The predicted molar refractivity (Wildman–Crippen MR) is 78.0 cm³/mol. The van der Waals surface area contributed by atoms with Crippen molar-refractivity contribution in [2.45, 2.75) is 40.0 Å². The molecule has 1 atom stereocenters. The second-order valence-electron chi connectivity index (χ2n) is 5.78. The monoisotopic (exact) mass is 265 g/mol. The van der Waals surface area contributed by atoms with E-state index in [1.54, 1.807) is 0 Å². The van der Waals surface area contributed by atoms with E-state index in [1.165, 1.54) is 0 Å². The highest BCUT2D eigenvalue weighted by atomic mass is 28.3. The molecule has 0 radical (unpaired) electrons. The molecule has 0 aliphatic carbocycles. The minimum absolute atomic E-state index is 0.103. The first-order chi connectivity index (χ1) is 8.36. The molecule has 0 bridgehead atoms. The molecule has 0 aromatic heterocycles. The second kappa shape index (κ2) is 6.16. The number of benzene rings is 1. The van der Waals surface area contributed by atoms with Gasteiger partial charge in [-0.15, -0.1) is 0 Å². The van der Waals surface area contributed by atoms with Crippen LogP contribution in [0.25, 0.3) is 0 Å². The maximum absolute atomic E-state index is 9.35. The Labute approximate surface area is 111 Å². The molecule has 0 fully saturated rings. The Morgan fingerprint density at radius 1 is 1.22 bits per heavy atom. The molecule has 4 heteroatoms. The lowest BCUT2D eigenvalue weighted by molar-refractivity contribution is 0.142. The van der Waals surface area contributed by atoms with Gasteiger partial charge >= 0.3 is 0 Å². The third-order valence-electron chi connectivity index (χ3n) is 2.62. The normalized spacial score (nSPS) is 14.9. The lowest BCUT2D eigenvalue weighted by atomic mass is 9.84. The molecule has 0 saturated carbocycles. The highest BCUT2D eigenvalue weighted by Crippen LogP contribution is 2.26. The van der Waals surface area contributed by atoms with Crippen LogP contribution >= 0.6 is 0 Å². The third kappa shape index (κ3) is 3.96. The van der Waals surface area contributed by atoms with E-state index < -0.39 is 9.04 Å². The van der Waals surface area contributed by atoms with E-state index >= 15 is 0 Å². The topological polar surface area (TPSA) is 41.8 Å². The zero-order valence-electron chi connectivity index (χ0n) is 11.8. The zero-order chi connectivity index (χ0) is 13.8. The van der Waals surface area contributed by atoms with Crippen LogP contribution in [0, 0.1) is 5.41 Å². The molecule has 1 N–H and O–H groups in total. The summed E-state index contributed by atoms with van der Waals surface area (Å²) in [4.78, 5) is 0. The molecule has 1 aromatic rings. The van der Waals surface area contributed by atoms with Crippen LogP contribution in [0.4, 0.5) is 0 Å². The van der Waals surface area contributed by atoms with Crippen LogP contribution in [0.1, 0.15) is 26.3 Å². The van der Waals surface area contributed by atoms with Gasteiger partial charge in [-0.3, -0.25) is 0 Å². The first kappa shape index (κ1) is 14.9. The van der Waals surface area contributed by atoms with Gasteiger partial charge in [0.05, 0.1) is 6.10 Å². The van der Waals surface area contributed by atoms with Crippen molar-refractivity contribution >= 4 is 14.8 Å². The summed E-state index contributed by atoms with van der Waals surface area (Å²) in [6.07, 6.45) is -0.184. The van der Waals surface area contributed by atoms with Gasteiger partial charge in [0.15, 0.2) is 9.04 Å². The van der Waals surface area contributed by atoms with Gasteiger partial charge in [-0.25, -0.2) is 0 Å². The van der Waals surface area contributed by atoms with Crippen molar-refractivity contribution in [2.24, 2.45) is 10.6 Å². The summed E-state index contributed by atoms with van der Waals surface area (Å²) < 4.78 is 6.07. The molecular weight excluding hydrogens is 242 g/mol. The van der Waals surface area contributed by atoms with Crippen molar-refractivity contribution < 1.29 is 9.63 Å². The summed E-state index contributed by atoms with van der Waals surface area (Å²) in [6, 6.07) is 9.71. The van der Waals surface area contributed by atoms with Crippen molar-refractivity contribution in [1.82, 2.24) is 0 Å². The fourth-order valence-electron chi connectivity index (χ4n) is 1.82. The number of hydrogen-bond donors (Lipinski definition) is 1. The van der Waals surface area contributed by atoms with Crippen LogP contribution in [0.15, 0.2) is 35.5 Å². The first-order valence-corrected chi connectivity index (χ1v) is 9.07. The summed E-state index contributed by atoms with van der Waals surface area (Å²) in [5, 5.41) is 12.8. The fraction of sp³-hybridized carbons (Fsp3) is 0.500. The summed E-state index contributed by atoms with van der Waals surface area (Å²) in [6.45, 7) is 10.5. The maximum atomic E-state index is 9.35. The first-order valence-electron chi connectivity index (χ1n) is 6.29. The Morgan fingerprint density at radius 2 is 1.78 bits per heavy atom. The summed E-state index contributed by atoms with van der Waals surface area (Å²) in [5.41, 5.74) is 1.42. The van der Waals surface area contributed by atoms with Crippen molar-refractivity contribution in [1.29, 1.82) is 0 Å². The Balaban J connectivity index is 3.11. The van der Waals surface area contributed by atoms with Crippen LogP contribution in [0.2, 0.25) is 13.1 Å². The zero-order valence-corrected chi connectivity index (χ0v) is 13.0. The van der Waals surface area contributed by atoms with Gasteiger partial charge in [0, 0.05) is 5.56 Å². The Hall–Kier alpha value is -1.13. The lowest BCUT2D eigenvalue weighted by Gasteiger charge is -2.33. The summed E-state index contributed by atoms with van der Waals surface area (Å²) in [5.74, 6) is 0. The minimum Gasteiger partial charge on any atom is -0.411 e. The molecule has 0 saturated heterocycles. The van der Waals surface area contributed by atoms with E-state index in [-0.39, 0.29) is 11.5 Å². The molecular formula is C14H23NO2Si. The second-order valence-corrected chi connectivity index (χ2v) is 8.15. The van der Waals surface area contributed by atoms with Crippen LogP contribution in [-0.2, 0) is 4.43 Å². The van der Waals surface area contributed by atoms with Gasteiger partial charge in [-0.1, -0.05) is 56.3 Å². The van der Waals surface area contributed by atoms with Crippen molar-refractivity contribution in [3.63, 3.8) is 0 Å². The lowest BCUT2D eigenvalue weighted by Crippen LogP contribution is -2.40. The summed E-state index contributed by atoms with van der Waals surface area (Å²) >= 11 is 0. The van der Waals surface area contributed by atoms with E-state index in [0.717, 1.165) is 5.56 Å². The average molecular weight is 265 g/mol. The molecule has 0 heterocycles. The van der Waals surface area contributed by atoms with Crippen LogP contribution in [0.3, 0.4) is 0 Å². The van der Waals surface area contributed by atoms with Gasteiger partial charge in [0.2, 0.25) is 0 Å². The smallest absolute Gasteiger partial charge is 0.171 e. The standard InChI is InChI=1S/C14H23NO2Si/c1-14(2,3)13(17-18(4)5)12(15-16)11-9-7-6-8-10-11/h6-10,13,16,18H,1-5H3. The van der Waals surface area contributed by atoms with Crippen molar-refractivity contribution in [2.75, 3.05) is 0 Å². The number of oxime groups is 1. The molecule has 1 aromatic carbocycles. The van der Waals surface area contributed by atoms with E-state index in [2.05, 4.69) is 39.0 Å². The van der Waals surface area contributed by atoms with Crippen molar-refractivity contribution in [3.8, 4) is 0 Å². The Bertz CT molecular complexity index is 396. The highest BCUT2D eigenvalue weighted by molar-refractivity contribution is 6.48. The number of rotatable bonds is 4. The third-order valence-corrected chi connectivity index (χ3v) is 3.44. The minimum atomic E-state index is -1.21. The van der Waals surface area contributed by atoms with E-state index in [4.69, 9.17) is 4.43 Å². The molecule has 100 valence electrons. The van der Waals surface area contributed by atoms with Gasteiger partial charge in [0.25, 0.3) is 0 Å². The van der Waals surface area contributed by atoms with Crippen LogP contribution in [-0.4, -0.2) is 26.1 Å². The SMILES string of the molecule is C[SiH](C)OC(C(=NO)c1ccccc1)C(C)(C)C. The number of nitrogens with zero attached hydrogens (tertiary/aromatic N) is 1. The van der Waals surface area contributed by atoms with Gasteiger partial charge in [-0.05, 0) is 18.5 Å². The Morgan fingerprint density at radius 3 is 2.17 bits per heavy atom. The molecule has 0 aliphatic rings. The molecule has 0 amide bonds.